The second-order valence-corrected chi connectivity index (χ2v) is 7.25. The number of carboxylic acid groups (broad SMARTS) is 1. The molecule has 0 saturated heterocycles. The van der Waals surface area contributed by atoms with Crippen molar-refractivity contribution in [1.82, 2.24) is 4.90 Å². The Hall–Kier alpha value is -1.92. The van der Waals surface area contributed by atoms with Gasteiger partial charge in [-0.05, 0) is 49.4 Å². The van der Waals surface area contributed by atoms with E-state index < -0.39 is 5.97 Å². The van der Waals surface area contributed by atoms with E-state index in [4.69, 9.17) is 21.1 Å². The second kappa shape index (κ2) is 8.97. The smallest absolute Gasteiger partial charge is 0.339 e. The number of hydrogen-bond acceptors (Lipinski definition) is 4. The zero-order chi connectivity index (χ0) is 18.4. The fraction of sp³-hybridized carbons (Fsp3) is 0.333. The number of amides is 1. The number of carboxylic acids is 1. The number of hydrogen-bond donors (Lipinski definition) is 1. The van der Waals surface area contributed by atoms with Gasteiger partial charge in [0.05, 0.1) is 6.54 Å². The average Bonchev–Trinajstić information content (AvgIpc) is 2.93. The second-order valence-electron chi connectivity index (χ2n) is 5.64. The zero-order valence-corrected chi connectivity index (χ0v) is 15.7. The lowest BCUT2D eigenvalue weighted by atomic mass is 10.2. The Bertz CT molecular complexity index is 742. The quantitative estimate of drug-likeness (QED) is 0.539. The maximum absolute atomic E-state index is 12.2. The van der Waals surface area contributed by atoms with E-state index in [2.05, 4.69) is 0 Å². The summed E-state index contributed by atoms with van der Waals surface area (Å²) < 4.78 is 5.40. The fourth-order valence-electron chi connectivity index (χ4n) is 2.29. The number of aryl methyl sites for hydroxylation is 1. The third kappa shape index (κ3) is 5.83. The molecule has 7 heteroatoms. The summed E-state index contributed by atoms with van der Waals surface area (Å²) in [5, 5.41) is 9.73. The summed E-state index contributed by atoms with van der Waals surface area (Å²) in [6, 6.07) is 9.08. The highest BCUT2D eigenvalue weighted by Crippen LogP contribution is 2.22. The van der Waals surface area contributed by atoms with Gasteiger partial charge in [0.2, 0.25) is 5.91 Å². The van der Waals surface area contributed by atoms with Crippen molar-refractivity contribution in [2.75, 3.05) is 12.8 Å². The van der Waals surface area contributed by atoms with Crippen LogP contribution in [0.2, 0.25) is 5.02 Å². The largest absolute Gasteiger partial charge is 0.478 e. The van der Waals surface area contributed by atoms with E-state index in [1.54, 1.807) is 30.6 Å². The molecule has 0 unspecified atom stereocenters. The molecule has 0 atom stereocenters. The molecule has 0 aliphatic carbocycles. The van der Waals surface area contributed by atoms with Gasteiger partial charge in [0.1, 0.15) is 17.1 Å². The van der Waals surface area contributed by atoms with Gasteiger partial charge < -0.3 is 14.4 Å². The topological polar surface area (TPSA) is 70.8 Å². The van der Waals surface area contributed by atoms with Crippen molar-refractivity contribution in [1.29, 1.82) is 0 Å². The van der Waals surface area contributed by atoms with Crippen molar-refractivity contribution in [2.45, 2.75) is 31.2 Å². The predicted octanol–water partition coefficient (Wildman–Crippen LogP) is 4.47. The number of halogens is 1. The summed E-state index contributed by atoms with van der Waals surface area (Å²) in [5.41, 5.74) is 0.134. The van der Waals surface area contributed by atoms with Crippen LogP contribution in [0, 0.1) is 6.92 Å². The Morgan fingerprint density at radius 2 is 1.96 bits per heavy atom. The lowest BCUT2D eigenvalue weighted by molar-refractivity contribution is -0.130. The van der Waals surface area contributed by atoms with Crippen molar-refractivity contribution in [3.05, 3.63) is 52.4 Å². The summed E-state index contributed by atoms with van der Waals surface area (Å²) in [7, 11) is 1.69. The summed E-state index contributed by atoms with van der Waals surface area (Å²) >= 11 is 7.53. The van der Waals surface area contributed by atoms with Gasteiger partial charge in [-0.15, -0.1) is 11.8 Å². The molecule has 25 heavy (non-hydrogen) atoms. The van der Waals surface area contributed by atoms with E-state index >= 15 is 0 Å². The molecular formula is C18H20ClNO4S. The van der Waals surface area contributed by atoms with Crippen LogP contribution in [0.25, 0.3) is 0 Å². The van der Waals surface area contributed by atoms with Gasteiger partial charge in [-0.25, -0.2) is 4.79 Å². The van der Waals surface area contributed by atoms with Crippen LogP contribution in [0.3, 0.4) is 0 Å². The van der Waals surface area contributed by atoms with Crippen LogP contribution in [0.4, 0.5) is 0 Å². The standard InChI is InChI=1S/C18H20ClNO4S/c1-12-16(18(22)23)10-14(24-12)11-20(2)17(21)4-3-9-25-15-7-5-13(19)6-8-15/h5-8,10H,3-4,9,11H2,1-2H3,(H,22,23). The highest BCUT2D eigenvalue weighted by Gasteiger charge is 2.16. The number of aromatic carboxylic acids is 1. The Kier molecular flexibility index (Phi) is 6.96. The van der Waals surface area contributed by atoms with Crippen LogP contribution < -0.4 is 0 Å². The first-order valence-electron chi connectivity index (χ1n) is 7.81. The molecule has 0 saturated carbocycles. The van der Waals surface area contributed by atoms with Crippen molar-refractivity contribution >= 4 is 35.2 Å². The van der Waals surface area contributed by atoms with Crippen molar-refractivity contribution in [3.63, 3.8) is 0 Å². The highest BCUT2D eigenvalue weighted by molar-refractivity contribution is 7.99. The number of carbonyl (C=O) groups is 2. The van der Waals surface area contributed by atoms with E-state index in [9.17, 15) is 9.59 Å². The summed E-state index contributed by atoms with van der Waals surface area (Å²) in [4.78, 5) is 25.9. The lowest BCUT2D eigenvalue weighted by Crippen LogP contribution is -2.25. The van der Waals surface area contributed by atoms with Crippen LogP contribution in [0.15, 0.2) is 39.6 Å². The van der Waals surface area contributed by atoms with Crippen LogP contribution in [-0.2, 0) is 11.3 Å². The summed E-state index contributed by atoms with van der Waals surface area (Å²) in [6.07, 6.45) is 1.19. The molecule has 2 rings (SSSR count). The van der Waals surface area contributed by atoms with Gasteiger partial charge in [0.15, 0.2) is 0 Å². The van der Waals surface area contributed by atoms with E-state index in [0.717, 1.165) is 17.1 Å². The molecule has 134 valence electrons. The van der Waals surface area contributed by atoms with Gasteiger partial charge in [-0.1, -0.05) is 11.6 Å². The maximum atomic E-state index is 12.2. The molecule has 2 aromatic rings. The first-order valence-corrected chi connectivity index (χ1v) is 9.18. The first-order chi connectivity index (χ1) is 11.9. The van der Waals surface area contributed by atoms with Crippen LogP contribution >= 0.6 is 23.4 Å². The molecule has 5 nitrogen and oxygen atoms in total. The van der Waals surface area contributed by atoms with Gasteiger partial charge in [0.25, 0.3) is 0 Å². The minimum Gasteiger partial charge on any atom is -0.478 e. The molecule has 1 N–H and O–H groups in total. The normalized spacial score (nSPS) is 10.7. The van der Waals surface area contributed by atoms with Gasteiger partial charge >= 0.3 is 5.97 Å². The Morgan fingerprint density at radius 1 is 1.28 bits per heavy atom. The van der Waals surface area contributed by atoms with Gasteiger partial charge in [-0.3, -0.25) is 4.79 Å². The Morgan fingerprint density at radius 3 is 2.56 bits per heavy atom. The number of carbonyl (C=O) groups excluding carboxylic acids is 1. The SMILES string of the molecule is Cc1oc(CN(C)C(=O)CCCSc2ccc(Cl)cc2)cc1C(=O)O. The number of rotatable bonds is 8. The van der Waals surface area contributed by atoms with Crippen LogP contribution in [-0.4, -0.2) is 34.7 Å². The Balaban J connectivity index is 1.75. The number of benzene rings is 1. The lowest BCUT2D eigenvalue weighted by Gasteiger charge is -2.15. The third-order valence-electron chi connectivity index (χ3n) is 3.64. The molecule has 0 fully saturated rings. The monoisotopic (exact) mass is 381 g/mol. The molecule has 1 aromatic heterocycles. The van der Waals surface area contributed by atoms with E-state index in [-0.39, 0.29) is 18.0 Å². The number of nitrogens with zero attached hydrogens (tertiary/aromatic N) is 1. The minimum atomic E-state index is -1.03. The highest BCUT2D eigenvalue weighted by atomic mass is 35.5. The molecule has 0 aliphatic heterocycles. The molecular weight excluding hydrogens is 362 g/mol. The average molecular weight is 382 g/mol. The first kappa shape index (κ1) is 19.4. The van der Waals surface area contributed by atoms with Gasteiger partial charge in [0, 0.05) is 23.4 Å². The maximum Gasteiger partial charge on any atom is 0.339 e. The van der Waals surface area contributed by atoms with E-state index in [1.165, 1.54) is 6.07 Å². The Labute approximate surface area is 156 Å². The van der Waals surface area contributed by atoms with E-state index in [0.29, 0.717) is 23.0 Å². The molecule has 0 spiro atoms. The molecule has 0 bridgehead atoms. The van der Waals surface area contributed by atoms with Crippen molar-refractivity contribution in [2.24, 2.45) is 0 Å². The zero-order valence-electron chi connectivity index (χ0n) is 14.1. The van der Waals surface area contributed by atoms with E-state index in [1.807, 2.05) is 24.3 Å². The van der Waals surface area contributed by atoms with Crippen LogP contribution in [0.1, 0.15) is 34.7 Å². The van der Waals surface area contributed by atoms with Crippen LogP contribution in [0.5, 0.6) is 0 Å². The number of thioether (sulfide) groups is 1. The fourth-order valence-corrected chi connectivity index (χ4v) is 3.27. The summed E-state index contributed by atoms with van der Waals surface area (Å²) in [6.45, 7) is 1.86. The molecule has 0 aliphatic rings. The third-order valence-corrected chi connectivity index (χ3v) is 4.99. The minimum absolute atomic E-state index is 0.00244. The molecule has 1 heterocycles. The molecule has 1 aromatic carbocycles. The predicted molar refractivity (Wildman–Crippen MR) is 98.3 cm³/mol. The number of furan rings is 1. The summed E-state index contributed by atoms with van der Waals surface area (Å²) in [5.74, 6) is 0.636. The molecule has 0 radical (unpaired) electrons. The van der Waals surface area contributed by atoms with Crippen molar-refractivity contribution in [3.8, 4) is 0 Å². The van der Waals surface area contributed by atoms with Gasteiger partial charge in [-0.2, -0.15) is 0 Å². The molecule has 1 amide bonds. The van der Waals surface area contributed by atoms with Crippen molar-refractivity contribution < 1.29 is 19.1 Å².